The molecule has 1 aliphatic rings. The molecule has 0 saturated heterocycles. The van der Waals surface area contributed by atoms with E-state index in [1.54, 1.807) is 23.1 Å². The van der Waals surface area contributed by atoms with Crippen molar-refractivity contribution in [3.05, 3.63) is 113 Å². The Morgan fingerprint density at radius 1 is 1.00 bits per heavy atom. The van der Waals surface area contributed by atoms with Crippen LogP contribution in [0, 0.1) is 6.92 Å². The minimum absolute atomic E-state index is 0.0567. The number of carbonyl (C=O) groups excluding carboxylic acids is 1. The summed E-state index contributed by atoms with van der Waals surface area (Å²) in [5.74, 6) is -0.294. The molecule has 0 N–H and O–H groups in total. The zero-order chi connectivity index (χ0) is 22.6. The van der Waals surface area contributed by atoms with Gasteiger partial charge in [-0.2, -0.15) is 0 Å². The second-order valence-electron chi connectivity index (χ2n) is 7.75. The van der Waals surface area contributed by atoms with Crippen LogP contribution in [0.3, 0.4) is 0 Å². The van der Waals surface area contributed by atoms with Gasteiger partial charge in [0.1, 0.15) is 5.58 Å². The number of halogens is 3. The molecule has 0 radical (unpaired) electrons. The summed E-state index contributed by atoms with van der Waals surface area (Å²) in [6.07, 6.45) is 0. The van der Waals surface area contributed by atoms with Gasteiger partial charge in [0.25, 0.3) is 5.91 Å². The van der Waals surface area contributed by atoms with Crippen LogP contribution in [-0.4, -0.2) is 10.8 Å². The van der Waals surface area contributed by atoms with Crippen LogP contribution >= 0.6 is 39.1 Å². The second kappa shape index (κ2) is 8.07. The molecule has 1 amide bonds. The maximum absolute atomic E-state index is 13.6. The summed E-state index contributed by atoms with van der Waals surface area (Å²) in [5, 5.41) is 1.38. The van der Waals surface area contributed by atoms with E-state index < -0.39 is 6.04 Å². The van der Waals surface area contributed by atoms with Crippen molar-refractivity contribution >= 4 is 56.0 Å². The van der Waals surface area contributed by atoms with Gasteiger partial charge >= 0.3 is 0 Å². The standard InChI is InChI=1S/C25H16BrCl2NO3/c1-13-9-20-17(11-19(13)28)23(30)21-22(14-6-4-7-16(26)10-14)29(25(31)24(21)32-20)12-15-5-2-3-8-18(15)27/h2-11,22H,12H2,1H3. The number of rotatable bonds is 3. The molecule has 160 valence electrons. The van der Waals surface area contributed by atoms with Crippen molar-refractivity contribution in [2.24, 2.45) is 0 Å². The lowest BCUT2D eigenvalue weighted by Gasteiger charge is -2.25. The lowest BCUT2D eigenvalue weighted by atomic mass is 9.98. The van der Waals surface area contributed by atoms with Crippen LogP contribution in [0.1, 0.15) is 38.9 Å². The van der Waals surface area contributed by atoms with Gasteiger partial charge < -0.3 is 9.32 Å². The quantitative estimate of drug-likeness (QED) is 0.290. The van der Waals surface area contributed by atoms with Crippen LogP contribution in [0.4, 0.5) is 0 Å². The van der Waals surface area contributed by atoms with Gasteiger partial charge in [0.05, 0.1) is 17.0 Å². The third-order valence-electron chi connectivity index (χ3n) is 5.71. The summed E-state index contributed by atoms with van der Waals surface area (Å²) >= 11 is 16.2. The maximum atomic E-state index is 13.6. The monoisotopic (exact) mass is 527 g/mol. The average molecular weight is 529 g/mol. The molecule has 32 heavy (non-hydrogen) atoms. The van der Waals surface area contributed by atoms with Gasteiger partial charge in [-0.25, -0.2) is 0 Å². The minimum atomic E-state index is -0.619. The molecule has 1 atom stereocenters. The first-order valence-corrected chi connectivity index (χ1v) is 11.5. The third kappa shape index (κ3) is 3.45. The maximum Gasteiger partial charge on any atom is 0.291 e. The number of aryl methyl sites for hydroxylation is 1. The highest BCUT2D eigenvalue weighted by Gasteiger charge is 2.43. The summed E-state index contributed by atoms with van der Waals surface area (Å²) in [7, 11) is 0. The first-order valence-electron chi connectivity index (χ1n) is 9.92. The van der Waals surface area contributed by atoms with Gasteiger partial charge in [0, 0.05) is 21.1 Å². The van der Waals surface area contributed by atoms with Crippen molar-refractivity contribution < 1.29 is 9.21 Å². The Labute approximate surface area is 202 Å². The summed E-state index contributed by atoms with van der Waals surface area (Å²) < 4.78 is 6.86. The zero-order valence-electron chi connectivity index (χ0n) is 16.9. The molecule has 0 bridgehead atoms. The SMILES string of the molecule is Cc1cc2oc3c(c(=O)c2cc1Cl)C(c1cccc(Br)c1)N(Cc1ccccc1Cl)C3=O. The number of hydrogen-bond donors (Lipinski definition) is 0. The fourth-order valence-corrected chi connectivity index (χ4v) is 4.91. The molecule has 7 heteroatoms. The van der Waals surface area contributed by atoms with Crippen LogP contribution in [-0.2, 0) is 6.54 Å². The molecule has 4 nitrogen and oxygen atoms in total. The van der Waals surface area contributed by atoms with Gasteiger partial charge in [-0.3, -0.25) is 9.59 Å². The van der Waals surface area contributed by atoms with E-state index in [1.807, 2.05) is 49.4 Å². The Morgan fingerprint density at radius 3 is 2.53 bits per heavy atom. The van der Waals surface area contributed by atoms with E-state index in [2.05, 4.69) is 15.9 Å². The molecule has 5 rings (SSSR count). The van der Waals surface area contributed by atoms with Crippen LogP contribution in [0.15, 0.2) is 74.3 Å². The van der Waals surface area contributed by atoms with Crippen molar-refractivity contribution in [1.29, 1.82) is 0 Å². The normalized spacial score (nSPS) is 15.4. The third-order valence-corrected chi connectivity index (χ3v) is 6.98. The Balaban J connectivity index is 1.76. The van der Waals surface area contributed by atoms with E-state index >= 15 is 0 Å². The molecular weight excluding hydrogens is 513 g/mol. The second-order valence-corrected chi connectivity index (χ2v) is 9.48. The van der Waals surface area contributed by atoms with E-state index in [0.717, 1.165) is 21.2 Å². The highest BCUT2D eigenvalue weighted by atomic mass is 79.9. The van der Waals surface area contributed by atoms with E-state index in [1.165, 1.54) is 0 Å². The van der Waals surface area contributed by atoms with Gasteiger partial charge in [-0.1, -0.05) is 69.5 Å². The Kier molecular flexibility index (Phi) is 5.36. The van der Waals surface area contributed by atoms with E-state index in [9.17, 15) is 9.59 Å². The molecule has 0 saturated carbocycles. The van der Waals surface area contributed by atoms with E-state index in [0.29, 0.717) is 26.6 Å². The predicted molar refractivity (Wildman–Crippen MR) is 130 cm³/mol. The fourth-order valence-electron chi connectivity index (χ4n) is 4.14. The number of nitrogens with zero attached hydrogens (tertiary/aromatic N) is 1. The number of fused-ring (bicyclic) bond motifs is 2. The average Bonchev–Trinajstić information content (AvgIpc) is 3.03. The lowest BCUT2D eigenvalue weighted by molar-refractivity contribution is 0.0714. The molecule has 0 spiro atoms. The van der Waals surface area contributed by atoms with Gasteiger partial charge in [-0.15, -0.1) is 0 Å². The molecule has 3 aromatic carbocycles. The molecule has 0 aliphatic carbocycles. The van der Waals surface area contributed by atoms with Gasteiger partial charge in [-0.05, 0) is 53.9 Å². The van der Waals surface area contributed by atoms with Gasteiger partial charge in [0.15, 0.2) is 5.43 Å². The zero-order valence-corrected chi connectivity index (χ0v) is 20.0. The first-order chi connectivity index (χ1) is 15.3. The first kappa shape index (κ1) is 21.3. The Morgan fingerprint density at radius 2 is 1.78 bits per heavy atom. The molecule has 4 aromatic rings. The molecule has 0 fully saturated rings. The smallest absolute Gasteiger partial charge is 0.291 e. The summed E-state index contributed by atoms with van der Waals surface area (Å²) in [6, 6.07) is 17.6. The van der Waals surface area contributed by atoms with Gasteiger partial charge in [0.2, 0.25) is 5.76 Å². The largest absolute Gasteiger partial charge is 0.450 e. The number of amides is 1. The summed E-state index contributed by atoms with van der Waals surface area (Å²) in [5.41, 5.74) is 2.74. The molecule has 1 aromatic heterocycles. The lowest BCUT2D eigenvalue weighted by Crippen LogP contribution is -2.29. The predicted octanol–water partition coefficient (Wildman–Crippen LogP) is 6.92. The molecule has 1 aliphatic heterocycles. The number of hydrogen-bond acceptors (Lipinski definition) is 3. The number of carbonyl (C=O) groups is 1. The Hall–Kier alpha value is -2.60. The van der Waals surface area contributed by atoms with E-state index in [-0.39, 0.29) is 23.6 Å². The van der Waals surface area contributed by atoms with Crippen LogP contribution in [0.25, 0.3) is 11.0 Å². The fraction of sp³-hybridized carbons (Fsp3) is 0.120. The van der Waals surface area contributed by atoms with Crippen LogP contribution in [0.2, 0.25) is 10.0 Å². The van der Waals surface area contributed by atoms with Crippen LogP contribution in [0.5, 0.6) is 0 Å². The highest BCUT2D eigenvalue weighted by Crippen LogP contribution is 2.40. The van der Waals surface area contributed by atoms with Crippen molar-refractivity contribution in [1.82, 2.24) is 4.90 Å². The van der Waals surface area contributed by atoms with Crippen molar-refractivity contribution in [2.45, 2.75) is 19.5 Å². The van der Waals surface area contributed by atoms with Crippen molar-refractivity contribution in [3.8, 4) is 0 Å². The Bertz CT molecular complexity index is 1460. The highest BCUT2D eigenvalue weighted by molar-refractivity contribution is 9.10. The molecular formula is C25H16BrCl2NO3. The van der Waals surface area contributed by atoms with Crippen molar-refractivity contribution in [2.75, 3.05) is 0 Å². The molecule has 1 unspecified atom stereocenters. The summed E-state index contributed by atoms with van der Waals surface area (Å²) in [6.45, 7) is 2.06. The topological polar surface area (TPSA) is 50.5 Å². The summed E-state index contributed by atoms with van der Waals surface area (Å²) in [4.78, 5) is 28.8. The molecule has 2 heterocycles. The van der Waals surface area contributed by atoms with Crippen LogP contribution < -0.4 is 5.43 Å². The van der Waals surface area contributed by atoms with Crippen molar-refractivity contribution in [3.63, 3.8) is 0 Å². The number of benzene rings is 3. The van der Waals surface area contributed by atoms with E-state index in [4.69, 9.17) is 27.6 Å². The minimum Gasteiger partial charge on any atom is -0.450 e.